The Balaban J connectivity index is 1.85. The van der Waals surface area contributed by atoms with Crippen molar-refractivity contribution in [2.75, 3.05) is 31.0 Å². The number of sulfonamides is 1. The van der Waals surface area contributed by atoms with Gasteiger partial charge in [-0.3, -0.25) is 9.10 Å². The third-order valence-electron chi connectivity index (χ3n) is 4.92. The average Bonchev–Trinajstić information content (AvgIpc) is 2.72. The van der Waals surface area contributed by atoms with Crippen LogP contribution in [-0.4, -0.2) is 51.6 Å². The van der Waals surface area contributed by atoms with Crippen LogP contribution < -0.4 is 9.73 Å². The number of likely N-dealkylation sites (tertiary alicyclic amines) is 1. The smallest absolute Gasteiger partial charge is 0.264 e. The Kier molecular flexibility index (Phi) is 7.12. The van der Waals surface area contributed by atoms with E-state index in [9.17, 15) is 13.2 Å². The number of hydrazone groups is 1. The van der Waals surface area contributed by atoms with E-state index in [1.807, 2.05) is 14.0 Å². The first-order chi connectivity index (χ1) is 14.3. The van der Waals surface area contributed by atoms with Crippen molar-refractivity contribution < 1.29 is 13.2 Å². The van der Waals surface area contributed by atoms with Crippen LogP contribution in [0.1, 0.15) is 18.4 Å². The van der Waals surface area contributed by atoms with Crippen LogP contribution in [0.5, 0.6) is 0 Å². The molecule has 0 spiro atoms. The van der Waals surface area contributed by atoms with Gasteiger partial charge in [0.25, 0.3) is 15.9 Å². The number of carbonyl (C=O) groups excluding carboxylic acids is 1. The zero-order valence-corrected chi connectivity index (χ0v) is 18.6. The summed E-state index contributed by atoms with van der Waals surface area (Å²) in [6.07, 6.45) is 1.54. The highest BCUT2D eigenvalue weighted by Crippen LogP contribution is 2.30. The van der Waals surface area contributed by atoms with E-state index in [1.54, 1.807) is 36.4 Å². The van der Waals surface area contributed by atoms with Gasteiger partial charge in [0, 0.05) is 31.6 Å². The van der Waals surface area contributed by atoms with Crippen molar-refractivity contribution in [3.63, 3.8) is 0 Å². The molecule has 0 aromatic heterocycles. The quantitative estimate of drug-likeness (QED) is 0.688. The number of anilines is 1. The molecule has 160 valence electrons. The minimum atomic E-state index is -4.01. The van der Waals surface area contributed by atoms with Crippen molar-refractivity contribution in [3.05, 3.63) is 59.1 Å². The molecule has 0 radical (unpaired) electrons. The van der Waals surface area contributed by atoms with Gasteiger partial charge in [0.2, 0.25) is 0 Å². The van der Waals surface area contributed by atoms with Crippen LogP contribution in [-0.2, 0) is 14.8 Å². The van der Waals surface area contributed by atoms with Gasteiger partial charge in [-0.25, -0.2) is 13.8 Å². The summed E-state index contributed by atoms with van der Waals surface area (Å²) in [5.41, 5.74) is 4.57. The third kappa shape index (κ3) is 5.38. The van der Waals surface area contributed by atoms with Crippen LogP contribution >= 0.6 is 11.6 Å². The molecule has 0 bridgehead atoms. The first-order valence-electron chi connectivity index (χ1n) is 9.64. The number of nitrogens with zero attached hydrogens (tertiary/aromatic N) is 3. The molecule has 0 atom stereocenters. The van der Waals surface area contributed by atoms with Crippen molar-refractivity contribution in [3.8, 4) is 0 Å². The lowest BCUT2D eigenvalue weighted by atomic mass is 10.1. The molecule has 30 heavy (non-hydrogen) atoms. The Morgan fingerprint density at radius 3 is 2.40 bits per heavy atom. The van der Waals surface area contributed by atoms with E-state index in [0.29, 0.717) is 0 Å². The summed E-state index contributed by atoms with van der Waals surface area (Å²) in [6.45, 7) is 3.19. The van der Waals surface area contributed by atoms with Gasteiger partial charge in [-0.15, -0.1) is 0 Å². The van der Waals surface area contributed by atoms with Gasteiger partial charge in [0.15, 0.2) is 0 Å². The lowest BCUT2D eigenvalue weighted by molar-refractivity contribution is -0.119. The Bertz CT molecular complexity index is 1030. The average molecular weight is 449 g/mol. The number of nitrogens with one attached hydrogen (secondary N) is 1. The number of rotatable bonds is 6. The van der Waals surface area contributed by atoms with E-state index in [2.05, 4.69) is 15.4 Å². The van der Waals surface area contributed by atoms with Gasteiger partial charge in [0.05, 0.1) is 15.6 Å². The summed E-state index contributed by atoms with van der Waals surface area (Å²) >= 11 is 6.26. The molecule has 1 aliphatic rings. The van der Waals surface area contributed by atoms with Gasteiger partial charge in [-0.05, 0) is 38.2 Å². The van der Waals surface area contributed by atoms with Crippen LogP contribution in [0, 0.1) is 6.92 Å². The molecule has 9 heteroatoms. The second kappa shape index (κ2) is 9.59. The third-order valence-corrected chi connectivity index (χ3v) is 7.01. The van der Waals surface area contributed by atoms with E-state index in [4.69, 9.17) is 11.6 Å². The highest BCUT2D eigenvalue weighted by molar-refractivity contribution is 7.92. The van der Waals surface area contributed by atoms with E-state index >= 15 is 0 Å². The molecule has 1 fully saturated rings. The minimum absolute atomic E-state index is 0.0856. The zero-order chi connectivity index (χ0) is 21.7. The van der Waals surface area contributed by atoms with Crippen LogP contribution in [0.4, 0.5) is 5.69 Å². The van der Waals surface area contributed by atoms with Gasteiger partial charge < -0.3 is 4.90 Å². The van der Waals surface area contributed by atoms with Crippen LogP contribution in [0.3, 0.4) is 0 Å². The van der Waals surface area contributed by atoms with Gasteiger partial charge in [-0.2, -0.15) is 5.10 Å². The number of para-hydroxylation sites is 1. The van der Waals surface area contributed by atoms with Crippen molar-refractivity contribution in [1.29, 1.82) is 0 Å². The number of halogens is 1. The Morgan fingerprint density at radius 1 is 1.13 bits per heavy atom. The number of piperidine rings is 1. The number of amides is 1. The fourth-order valence-electron chi connectivity index (χ4n) is 3.09. The van der Waals surface area contributed by atoms with Gasteiger partial charge in [-0.1, -0.05) is 41.4 Å². The van der Waals surface area contributed by atoms with E-state index in [0.717, 1.165) is 41.5 Å². The van der Waals surface area contributed by atoms with Crippen LogP contribution in [0.15, 0.2) is 58.5 Å². The molecule has 3 rings (SSSR count). The topological polar surface area (TPSA) is 82.1 Å². The van der Waals surface area contributed by atoms with Crippen LogP contribution in [0.25, 0.3) is 0 Å². The molecular weight excluding hydrogens is 424 g/mol. The number of carbonyl (C=O) groups is 1. The number of benzene rings is 2. The maximum absolute atomic E-state index is 13.3. The Hall–Kier alpha value is -2.42. The summed E-state index contributed by atoms with van der Waals surface area (Å²) in [4.78, 5) is 14.9. The standard InChI is InChI=1S/C21H25ClN4O3S/c1-16-7-9-18(10-8-16)30(28,29)26(20-6-4-3-5-19(20)22)15-21(27)24-23-17-11-13-25(2)14-12-17/h3-10H,11-15H2,1-2H3,(H,24,27). The second-order valence-electron chi connectivity index (χ2n) is 7.29. The molecule has 1 amide bonds. The monoisotopic (exact) mass is 448 g/mol. The van der Waals surface area contributed by atoms with Crippen molar-refractivity contribution in [2.45, 2.75) is 24.7 Å². The molecule has 1 aliphatic heterocycles. The molecule has 7 nitrogen and oxygen atoms in total. The van der Waals surface area contributed by atoms with E-state index in [1.165, 1.54) is 12.1 Å². The normalized spacial score (nSPS) is 15.0. The fourth-order valence-corrected chi connectivity index (χ4v) is 4.81. The molecule has 1 saturated heterocycles. The molecule has 2 aromatic carbocycles. The lowest BCUT2D eigenvalue weighted by Gasteiger charge is -2.25. The predicted octanol–water partition coefficient (Wildman–Crippen LogP) is 3.04. The molecule has 0 saturated carbocycles. The highest BCUT2D eigenvalue weighted by atomic mass is 35.5. The number of hydrogen-bond acceptors (Lipinski definition) is 5. The van der Waals surface area contributed by atoms with E-state index in [-0.39, 0.29) is 15.6 Å². The van der Waals surface area contributed by atoms with Gasteiger partial charge >= 0.3 is 0 Å². The van der Waals surface area contributed by atoms with Crippen LogP contribution in [0.2, 0.25) is 5.02 Å². The van der Waals surface area contributed by atoms with E-state index < -0.39 is 22.5 Å². The number of aryl methyl sites for hydroxylation is 1. The maximum atomic E-state index is 13.3. The summed E-state index contributed by atoms with van der Waals surface area (Å²) in [5.74, 6) is -0.531. The fraction of sp³-hybridized carbons (Fsp3) is 0.333. The molecular formula is C21H25ClN4O3S. The SMILES string of the molecule is Cc1ccc(S(=O)(=O)N(CC(=O)NN=C2CCN(C)CC2)c2ccccc2Cl)cc1. The Labute approximate surface area is 182 Å². The van der Waals surface area contributed by atoms with Crippen molar-refractivity contribution in [1.82, 2.24) is 10.3 Å². The molecule has 1 N–H and O–H groups in total. The molecule has 0 aliphatic carbocycles. The predicted molar refractivity (Wildman–Crippen MR) is 119 cm³/mol. The summed E-state index contributed by atoms with van der Waals surface area (Å²) < 4.78 is 27.7. The lowest BCUT2D eigenvalue weighted by Crippen LogP contribution is -2.40. The second-order valence-corrected chi connectivity index (χ2v) is 9.56. The molecule has 1 heterocycles. The summed E-state index contributed by atoms with van der Waals surface area (Å²) in [6, 6.07) is 13.0. The van der Waals surface area contributed by atoms with Gasteiger partial charge in [0.1, 0.15) is 6.54 Å². The maximum Gasteiger partial charge on any atom is 0.264 e. The first-order valence-corrected chi connectivity index (χ1v) is 11.5. The highest BCUT2D eigenvalue weighted by Gasteiger charge is 2.28. The summed E-state index contributed by atoms with van der Waals surface area (Å²) in [7, 11) is -1.97. The molecule has 2 aromatic rings. The van der Waals surface area contributed by atoms with Crippen molar-refractivity contribution in [2.24, 2.45) is 5.10 Å². The minimum Gasteiger partial charge on any atom is -0.306 e. The zero-order valence-electron chi connectivity index (χ0n) is 17.0. The number of hydrogen-bond donors (Lipinski definition) is 1. The van der Waals surface area contributed by atoms with Crippen molar-refractivity contribution >= 4 is 38.9 Å². The largest absolute Gasteiger partial charge is 0.306 e. The summed E-state index contributed by atoms with van der Waals surface area (Å²) in [5, 5.41) is 4.43. The first kappa shape index (κ1) is 22.3. The Morgan fingerprint density at radius 2 is 1.77 bits per heavy atom. The molecule has 0 unspecified atom stereocenters.